The highest BCUT2D eigenvalue weighted by Crippen LogP contribution is 2.32. The van der Waals surface area contributed by atoms with E-state index in [4.69, 9.17) is 4.98 Å². The third-order valence-corrected chi connectivity index (χ3v) is 5.72. The lowest BCUT2D eigenvalue weighted by molar-refractivity contribution is 0.0733. The van der Waals surface area contributed by atoms with Crippen molar-refractivity contribution < 1.29 is 4.79 Å². The Morgan fingerprint density at radius 1 is 1.17 bits per heavy atom. The van der Waals surface area contributed by atoms with E-state index in [1.54, 1.807) is 11.3 Å². The summed E-state index contributed by atoms with van der Waals surface area (Å²) in [5.41, 5.74) is 2.98. The predicted octanol–water partition coefficient (Wildman–Crippen LogP) is 3.72. The van der Waals surface area contributed by atoms with E-state index in [1.165, 1.54) is 25.9 Å². The molecule has 0 saturated carbocycles. The summed E-state index contributed by atoms with van der Waals surface area (Å²) in [6, 6.07) is 8.33. The highest BCUT2D eigenvalue weighted by molar-refractivity contribution is 7.08. The summed E-state index contributed by atoms with van der Waals surface area (Å²) in [7, 11) is 0. The van der Waals surface area contributed by atoms with E-state index in [1.807, 2.05) is 21.7 Å². The van der Waals surface area contributed by atoms with Gasteiger partial charge in [-0.25, -0.2) is 0 Å². The van der Waals surface area contributed by atoms with Crippen LogP contribution in [0.5, 0.6) is 0 Å². The molecule has 24 heavy (non-hydrogen) atoms. The lowest BCUT2D eigenvalue weighted by Gasteiger charge is -2.24. The van der Waals surface area contributed by atoms with Crippen molar-refractivity contribution in [3.63, 3.8) is 0 Å². The molecule has 126 valence electrons. The molecule has 4 heterocycles. The van der Waals surface area contributed by atoms with Crippen LogP contribution in [-0.2, 0) is 6.54 Å². The van der Waals surface area contributed by atoms with E-state index in [-0.39, 0.29) is 11.9 Å². The lowest BCUT2D eigenvalue weighted by atomic mass is 10.1. The van der Waals surface area contributed by atoms with Crippen molar-refractivity contribution in [3.05, 3.63) is 52.0 Å². The van der Waals surface area contributed by atoms with Crippen LogP contribution < -0.4 is 0 Å². The number of aromatic nitrogens is 1. The number of carbonyl (C=O) groups excluding carboxylic acids is 1. The molecule has 0 bridgehead atoms. The number of pyridine rings is 1. The third-order valence-electron chi connectivity index (χ3n) is 5.04. The van der Waals surface area contributed by atoms with Gasteiger partial charge in [0.05, 0.1) is 23.0 Å². The fourth-order valence-corrected chi connectivity index (χ4v) is 4.44. The van der Waals surface area contributed by atoms with Gasteiger partial charge in [-0.15, -0.1) is 0 Å². The summed E-state index contributed by atoms with van der Waals surface area (Å²) in [5, 5.41) is 3.90. The van der Waals surface area contributed by atoms with Crippen LogP contribution in [0.15, 0.2) is 35.0 Å². The van der Waals surface area contributed by atoms with Crippen LogP contribution in [0.3, 0.4) is 0 Å². The van der Waals surface area contributed by atoms with Gasteiger partial charge in [-0.1, -0.05) is 6.07 Å². The SMILES string of the molecule is O=C(c1ccsc1)N1CCC[C@H]1c1cccc(CN2CCCC2)n1. The number of amides is 1. The minimum atomic E-state index is 0.121. The Bertz CT molecular complexity index is 694. The zero-order valence-corrected chi connectivity index (χ0v) is 14.7. The fraction of sp³-hybridized carbons (Fsp3) is 0.474. The molecule has 2 saturated heterocycles. The molecule has 1 amide bonds. The molecule has 0 aromatic carbocycles. The molecule has 2 fully saturated rings. The van der Waals surface area contributed by atoms with E-state index >= 15 is 0 Å². The minimum absolute atomic E-state index is 0.121. The van der Waals surface area contributed by atoms with Gasteiger partial charge in [0.25, 0.3) is 5.91 Å². The van der Waals surface area contributed by atoms with E-state index in [2.05, 4.69) is 23.1 Å². The van der Waals surface area contributed by atoms with Gasteiger partial charge in [-0.2, -0.15) is 11.3 Å². The molecule has 2 aliphatic heterocycles. The van der Waals surface area contributed by atoms with Crippen LogP contribution >= 0.6 is 11.3 Å². The molecular weight excluding hydrogens is 318 g/mol. The van der Waals surface area contributed by atoms with Gasteiger partial charge >= 0.3 is 0 Å². The molecule has 1 atom stereocenters. The van der Waals surface area contributed by atoms with Gasteiger partial charge in [0.1, 0.15) is 0 Å². The van der Waals surface area contributed by atoms with Gasteiger partial charge in [0.15, 0.2) is 0 Å². The Hall–Kier alpha value is -1.72. The van der Waals surface area contributed by atoms with Gasteiger partial charge in [0.2, 0.25) is 0 Å². The second kappa shape index (κ2) is 7.03. The Morgan fingerprint density at radius 2 is 2.04 bits per heavy atom. The Labute approximate surface area is 147 Å². The molecular formula is C19H23N3OS. The van der Waals surface area contributed by atoms with E-state index in [0.717, 1.165) is 42.9 Å². The fourth-order valence-electron chi connectivity index (χ4n) is 3.81. The van der Waals surface area contributed by atoms with Crippen molar-refractivity contribution in [2.24, 2.45) is 0 Å². The smallest absolute Gasteiger partial charge is 0.255 e. The van der Waals surface area contributed by atoms with Crippen molar-refractivity contribution in [1.29, 1.82) is 0 Å². The van der Waals surface area contributed by atoms with Crippen LogP contribution in [0.1, 0.15) is 53.5 Å². The maximum absolute atomic E-state index is 12.8. The number of rotatable bonds is 4. The topological polar surface area (TPSA) is 36.4 Å². The Balaban J connectivity index is 1.52. The van der Waals surface area contributed by atoms with E-state index in [0.29, 0.717) is 0 Å². The van der Waals surface area contributed by atoms with Crippen molar-refractivity contribution >= 4 is 17.2 Å². The van der Waals surface area contributed by atoms with Crippen molar-refractivity contribution in [2.45, 2.75) is 38.3 Å². The Kier molecular flexibility index (Phi) is 4.63. The molecule has 2 aromatic rings. The summed E-state index contributed by atoms with van der Waals surface area (Å²) < 4.78 is 0. The average molecular weight is 341 g/mol. The first-order valence-corrected chi connectivity index (χ1v) is 9.77. The quantitative estimate of drug-likeness (QED) is 0.850. The van der Waals surface area contributed by atoms with E-state index < -0.39 is 0 Å². The minimum Gasteiger partial charge on any atom is -0.330 e. The zero-order chi connectivity index (χ0) is 16.4. The lowest BCUT2D eigenvalue weighted by Crippen LogP contribution is -2.31. The van der Waals surface area contributed by atoms with Crippen LogP contribution in [0.4, 0.5) is 0 Å². The highest BCUT2D eigenvalue weighted by Gasteiger charge is 2.31. The molecule has 5 heteroatoms. The van der Waals surface area contributed by atoms with Crippen LogP contribution in [-0.4, -0.2) is 40.3 Å². The summed E-state index contributed by atoms with van der Waals surface area (Å²) in [6.45, 7) is 4.12. The normalized spacial score (nSPS) is 21.5. The van der Waals surface area contributed by atoms with Crippen molar-refractivity contribution in [2.75, 3.05) is 19.6 Å². The van der Waals surface area contributed by atoms with Crippen LogP contribution in [0.25, 0.3) is 0 Å². The van der Waals surface area contributed by atoms with Gasteiger partial charge in [-0.05, 0) is 62.4 Å². The number of nitrogens with zero attached hydrogens (tertiary/aromatic N) is 3. The van der Waals surface area contributed by atoms with Crippen LogP contribution in [0.2, 0.25) is 0 Å². The summed E-state index contributed by atoms with van der Waals surface area (Å²) in [5.74, 6) is 0.144. The van der Waals surface area contributed by atoms with Crippen molar-refractivity contribution in [3.8, 4) is 0 Å². The monoisotopic (exact) mass is 341 g/mol. The predicted molar refractivity (Wildman–Crippen MR) is 96.1 cm³/mol. The largest absolute Gasteiger partial charge is 0.330 e. The first-order chi connectivity index (χ1) is 11.8. The number of carbonyl (C=O) groups is 1. The number of likely N-dealkylation sites (tertiary alicyclic amines) is 2. The molecule has 0 aliphatic carbocycles. The first-order valence-electron chi connectivity index (χ1n) is 8.82. The summed E-state index contributed by atoms with van der Waals surface area (Å²) >= 11 is 1.58. The molecule has 0 spiro atoms. The molecule has 2 aromatic heterocycles. The third kappa shape index (κ3) is 3.23. The van der Waals surface area contributed by atoms with Gasteiger partial charge in [0, 0.05) is 18.5 Å². The molecule has 0 N–H and O–H groups in total. The standard InChI is InChI=1S/C19H23N3OS/c23-19(15-8-12-24-14-15)22-11-4-7-18(22)17-6-3-5-16(20-17)13-21-9-1-2-10-21/h3,5-6,8,12,14,18H,1-2,4,7,9-11,13H2/t18-/m0/s1. The second-order valence-corrected chi connectivity index (χ2v) is 7.49. The van der Waals surface area contributed by atoms with Gasteiger partial charge in [-0.3, -0.25) is 14.7 Å². The molecule has 0 radical (unpaired) electrons. The molecule has 4 nitrogen and oxygen atoms in total. The zero-order valence-electron chi connectivity index (χ0n) is 13.9. The number of thiophene rings is 1. The number of hydrogen-bond acceptors (Lipinski definition) is 4. The molecule has 0 unspecified atom stereocenters. The van der Waals surface area contributed by atoms with Gasteiger partial charge < -0.3 is 4.90 Å². The summed E-state index contributed by atoms with van der Waals surface area (Å²) in [4.78, 5) is 22.1. The van der Waals surface area contributed by atoms with Crippen LogP contribution in [0, 0.1) is 0 Å². The second-order valence-electron chi connectivity index (χ2n) is 6.71. The average Bonchev–Trinajstić information content (AvgIpc) is 3.36. The van der Waals surface area contributed by atoms with E-state index in [9.17, 15) is 4.79 Å². The van der Waals surface area contributed by atoms with Crippen molar-refractivity contribution in [1.82, 2.24) is 14.8 Å². The highest BCUT2D eigenvalue weighted by atomic mass is 32.1. The Morgan fingerprint density at radius 3 is 2.83 bits per heavy atom. The number of hydrogen-bond donors (Lipinski definition) is 0. The molecule has 2 aliphatic rings. The maximum atomic E-state index is 12.8. The maximum Gasteiger partial charge on any atom is 0.255 e. The molecule has 4 rings (SSSR count). The first kappa shape index (κ1) is 15.8. The summed E-state index contributed by atoms with van der Waals surface area (Å²) in [6.07, 6.45) is 4.66.